The first-order valence-electron chi connectivity index (χ1n) is 8.73. The highest BCUT2D eigenvalue weighted by atomic mass is 32.1. The second-order valence-corrected chi connectivity index (χ2v) is 7.15. The molecule has 0 unspecified atom stereocenters. The number of benzene rings is 2. The Morgan fingerprint density at radius 1 is 1.07 bits per heavy atom. The van der Waals surface area contributed by atoms with Gasteiger partial charge >= 0.3 is 0 Å². The summed E-state index contributed by atoms with van der Waals surface area (Å²) < 4.78 is 18.7. The van der Waals surface area contributed by atoms with Gasteiger partial charge in [0.15, 0.2) is 23.4 Å². The van der Waals surface area contributed by atoms with Crippen molar-refractivity contribution >= 4 is 28.4 Å². The molecule has 5 rings (SSSR count). The molecule has 28 heavy (non-hydrogen) atoms. The van der Waals surface area contributed by atoms with Crippen LogP contribution in [0.25, 0.3) is 17.1 Å². The lowest BCUT2D eigenvalue weighted by molar-refractivity contribution is 0.0836. The summed E-state index contributed by atoms with van der Waals surface area (Å²) in [5.74, 6) is 2.90. The molecule has 0 bridgehead atoms. The van der Waals surface area contributed by atoms with Gasteiger partial charge in [-0.2, -0.15) is 9.61 Å². The topological polar surface area (TPSA) is 70.8 Å². The molecule has 0 saturated heterocycles. The minimum atomic E-state index is -0.356. The maximum absolute atomic E-state index is 6.03. The summed E-state index contributed by atoms with van der Waals surface area (Å²) in [6.07, 6.45) is 3.60. The molecule has 140 valence electrons. The highest BCUT2D eigenvalue weighted by molar-refractivity contribution is 7.17. The third-order valence-corrected chi connectivity index (χ3v) is 5.23. The van der Waals surface area contributed by atoms with Crippen molar-refractivity contribution in [2.24, 2.45) is 0 Å². The summed E-state index contributed by atoms with van der Waals surface area (Å²) in [6.45, 7) is 0.367. The lowest BCUT2D eigenvalue weighted by atomic mass is 10.2. The summed E-state index contributed by atoms with van der Waals surface area (Å²) in [6, 6.07) is 15.4. The summed E-state index contributed by atoms with van der Waals surface area (Å²) in [7, 11) is 1.65. The average Bonchev–Trinajstić information content (AvgIpc) is 3.32. The Bertz CT molecular complexity index is 1150. The van der Waals surface area contributed by atoms with Gasteiger partial charge in [-0.25, -0.2) is 0 Å². The van der Waals surface area contributed by atoms with Crippen molar-refractivity contribution in [1.29, 1.82) is 0 Å². The van der Waals surface area contributed by atoms with Crippen molar-refractivity contribution in [3.8, 4) is 17.2 Å². The van der Waals surface area contributed by atoms with E-state index in [1.54, 1.807) is 11.6 Å². The van der Waals surface area contributed by atoms with Crippen molar-refractivity contribution in [3.05, 3.63) is 64.9 Å². The normalized spacial score (nSPS) is 16.0. The maximum Gasteiger partial charge on any atom is 0.235 e. The zero-order valence-electron chi connectivity index (χ0n) is 15.0. The molecule has 8 heteroatoms. The van der Waals surface area contributed by atoms with Crippen LogP contribution in [0.3, 0.4) is 0 Å². The number of nitrogens with zero attached hydrogens (tertiary/aromatic N) is 4. The molecule has 4 aromatic rings. The van der Waals surface area contributed by atoms with Crippen LogP contribution in [-0.4, -0.2) is 33.5 Å². The largest absolute Gasteiger partial charge is 0.497 e. The van der Waals surface area contributed by atoms with E-state index in [4.69, 9.17) is 14.2 Å². The lowest BCUT2D eigenvalue weighted by Crippen LogP contribution is -2.23. The average molecular weight is 392 g/mol. The molecule has 0 spiro atoms. The fraction of sp³-hybridized carbons (Fsp3) is 0.150. The first-order chi connectivity index (χ1) is 13.8. The molecule has 3 heterocycles. The van der Waals surface area contributed by atoms with Gasteiger partial charge in [-0.15, -0.1) is 10.2 Å². The fourth-order valence-electron chi connectivity index (χ4n) is 2.94. The minimum Gasteiger partial charge on any atom is -0.497 e. The third kappa shape index (κ3) is 3.07. The van der Waals surface area contributed by atoms with Crippen molar-refractivity contribution in [2.75, 3.05) is 13.7 Å². The predicted molar refractivity (Wildman–Crippen MR) is 106 cm³/mol. The van der Waals surface area contributed by atoms with Crippen molar-refractivity contribution in [3.63, 3.8) is 0 Å². The van der Waals surface area contributed by atoms with Crippen LogP contribution in [-0.2, 0) is 0 Å². The first kappa shape index (κ1) is 16.8. The molecule has 0 N–H and O–H groups in total. The van der Waals surface area contributed by atoms with Gasteiger partial charge in [0.1, 0.15) is 17.4 Å². The van der Waals surface area contributed by atoms with Crippen LogP contribution in [0, 0.1) is 0 Å². The van der Waals surface area contributed by atoms with Gasteiger partial charge in [-0.3, -0.25) is 0 Å². The zero-order chi connectivity index (χ0) is 18.9. The van der Waals surface area contributed by atoms with E-state index in [1.807, 2.05) is 60.7 Å². The maximum atomic E-state index is 6.03. The SMILES string of the molecule is COc1ccc(/C=C\c2nn3c([C@@H]4COc5ccccc5O4)nnc3s2)cc1. The van der Waals surface area contributed by atoms with Gasteiger partial charge in [0, 0.05) is 0 Å². The van der Waals surface area contributed by atoms with Crippen LogP contribution in [0.15, 0.2) is 48.5 Å². The molecule has 0 aliphatic carbocycles. The Balaban J connectivity index is 1.39. The number of ether oxygens (including phenoxy) is 3. The van der Waals surface area contributed by atoms with E-state index < -0.39 is 0 Å². The van der Waals surface area contributed by atoms with Gasteiger partial charge in [0.05, 0.1) is 7.11 Å². The van der Waals surface area contributed by atoms with Crippen LogP contribution in [0.4, 0.5) is 0 Å². The minimum absolute atomic E-state index is 0.356. The lowest BCUT2D eigenvalue weighted by Gasteiger charge is -2.24. The number of para-hydroxylation sites is 2. The summed E-state index contributed by atoms with van der Waals surface area (Å²) in [5.41, 5.74) is 1.06. The van der Waals surface area contributed by atoms with E-state index in [2.05, 4.69) is 15.3 Å². The van der Waals surface area contributed by atoms with Crippen molar-refractivity contribution in [1.82, 2.24) is 19.8 Å². The molecule has 0 amide bonds. The van der Waals surface area contributed by atoms with Crippen LogP contribution in [0.5, 0.6) is 17.2 Å². The molecule has 0 saturated carbocycles. The van der Waals surface area contributed by atoms with E-state index in [0.717, 1.165) is 22.1 Å². The molecule has 1 atom stereocenters. The van der Waals surface area contributed by atoms with Crippen molar-refractivity contribution in [2.45, 2.75) is 6.10 Å². The van der Waals surface area contributed by atoms with E-state index >= 15 is 0 Å². The number of hydrogen-bond acceptors (Lipinski definition) is 7. The Morgan fingerprint density at radius 3 is 2.71 bits per heavy atom. The van der Waals surface area contributed by atoms with Crippen molar-refractivity contribution < 1.29 is 14.2 Å². The third-order valence-electron chi connectivity index (χ3n) is 4.36. The molecular weight excluding hydrogens is 376 g/mol. The number of hydrogen-bond donors (Lipinski definition) is 0. The smallest absolute Gasteiger partial charge is 0.235 e. The summed E-state index contributed by atoms with van der Waals surface area (Å²) >= 11 is 1.46. The Morgan fingerprint density at radius 2 is 1.89 bits per heavy atom. The molecular formula is C20H16N4O3S. The van der Waals surface area contributed by atoms with E-state index in [1.165, 1.54) is 11.3 Å². The van der Waals surface area contributed by atoms with Gasteiger partial charge in [0.2, 0.25) is 4.96 Å². The number of methoxy groups -OCH3 is 1. The van der Waals surface area contributed by atoms with E-state index in [9.17, 15) is 0 Å². The highest BCUT2D eigenvalue weighted by Crippen LogP contribution is 2.35. The summed E-state index contributed by atoms with van der Waals surface area (Å²) in [5, 5.41) is 13.9. The van der Waals surface area contributed by atoms with Crippen LogP contribution in [0.2, 0.25) is 0 Å². The molecule has 1 aliphatic heterocycles. The Hall–Kier alpha value is -3.39. The Labute approximate surface area is 164 Å². The number of fused-ring (bicyclic) bond motifs is 2. The Kier molecular flexibility index (Phi) is 4.17. The number of rotatable bonds is 4. The van der Waals surface area contributed by atoms with Crippen LogP contribution in [0.1, 0.15) is 22.5 Å². The second kappa shape index (κ2) is 6.97. The van der Waals surface area contributed by atoms with Gasteiger partial charge in [-0.05, 0) is 35.9 Å². The van der Waals surface area contributed by atoms with Gasteiger partial charge in [0.25, 0.3) is 0 Å². The monoisotopic (exact) mass is 392 g/mol. The summed E-state index contributed by atoms with van der Waals surface area (Å²) in [4.78, 5) is 0.715. The van der Waals surface area contributed by atoms with E-state index in [-0.39, 0.29) is 6.10 Å². The second-order valence-electron chi connectivity index (χ2n) is 6.16. The predicted octanol–water partition coefficient (Wildman–Crippen LogP) is 3.88. The fourth-order valence-corrected chi connectivity index (χ4v) is 3.69. The molecule has 1 aliphatic rings. The first-order valence-corrected chi connectivity index (χ1v) is 9.54. The molecule has 7 nitrogen and oxygen atoms in total. The van der Waals surface area contributed by atoms with E-state index in [0.29, 0.717) is 23.1 Å². The molecule has 2 aromatic carbocycles. The van der Waals surface area contributed by atoms with Crippen LogP contribution >= 0.6 is 11.3 Å². The standard InChI is InChI=1S/C20H16N4O3S/c1-25-14-9-6-13(7-10-14)8-11-18-23-24-19(21-22-20(24)28-18)17-12-26-15-4-2-3-5-16(15)27-17/h2-11,17H,12H2,1H3/b11-8-/t17-/m0/s1. The zero-order valence-corrected chi connectivity index (χ0v) is 15.8. The number of aromatic nitrogens is 4. The van der Waals surface area contributed by atoms with Gasteiger partial charge < -0.3 is 14.2 Å². The molecule has 2 aromatic heterocycles. The molecule has 0 radical (unpaired) electrons. The quantitative estimate of drug-likeness (QED) is 0.525. The molecule has 0 fully saturated rings. The van der Waals surface area contributed by atoms with Crippen LogP contribution < -0.4 is 14.2 Å². The van der Waals surface area contributed by atoms with Gasteiger partial charge in [-0.1, -0.05) is 41.7 Å². The highest BCUT2D eigenvalue weighted by Gasteiger charge is 2.27.